The van der Waals surface area contributed by atoms with Gasteiger partial charge < -0.3 is 15.4 Å². The third-order valence-corrected chi connectivity index (χ3v) is 3.84. The number of nitrogens with zero attached hydrogens (tertiary/aromatic N) is 1. The number of rotatable bonds is 7. The van der Waals surface area contributed by atoms with Gasteiger partial charge in [-0.3, -0.25) is 4.79 Å². The molecule has 1 unspecified atom stereocenters. The first-order chi connectivity index (χ1) is 8.69. The van der Waals surface area contributed by atoms with E-state index < -0.39 is 0 Å². The van der Waals surface area contributed by atoms with E-state index >= 15 is 0 Å². The second kappa shape index (κ2) is 8.77. The van der Waals surface area contributed by atoms with Crippen LogP contribution in [0.3, 0.4) is 0 Å². The molecule has 1 aliphatic rings. The van der Waals surface area contributed by atoms with Gasteiger partial charge in [0, 0.05) is 19.7 Å². The van der Waals surface area contributed by atoms with Gasteiger partial charge in [0.15, 0.2) is 0 Å². The smallest absolute Gasteiger partial charge is 0.239 e. The molecule has 0 aliphatic carbocycles. The van der Waals surface area contributed by atoms with Gasteiger partial charge in [-0.25, -0.2) is 0 Å². The maximum absolute atomic E-state index is 12.2. The molecule has 0 aromatic carbocycles. The predicted octanol–water partition coefficient (Wildman–Crippen LogP) is 1.48. The third-order valence-electron chi connectivity index (χ3n) is 3.20. The van der Waals surface area contributed by atoms with Crippen molar-refractivity contribution in [1.29, 1.82) is 0 Å². The molecule has 1 heterocycles. The van der Waals surface area contributed by atoms with Crippen molar-refractivity contribution in [3.05, 3.63) is 0 Å². The van der Waals surface area contributed by atoms with Crippen LogP contribution in [0.1, 0.15) is 32.6 Å². The first-order valence-corrected chi connectivity index (χ1v) is 8.23. The Morgan fingerprint density at radius 1 is 1.61 bits per heavy atom. The van der Waals surface area contributed by atoms with E-state index in [1.807, 2.05) is 11.2 Å². The number of hydrogen-bond donors (Lipinski definition) is 1. The minimum atomic E-state index is -0.345. The van der Waals surface area contributed by atoms with Crippen LogP contribution in [0.2, 0.25) is 0 Å². The van der Waals surface area contributed by atoms with Crippen molar-refractivity contribution in [2.24, 2.45) is 5.73 Å². The Hall–Kier alpha value is -0.260. The summed E-state index contributed by atoms with van der Waals surface area (Å²) in [6.07, 6.45) is 6.11. The highest BCUT2D eigenvalue weighted by atomic mass is 32.2. The van der Waals surface area contributed by atoms with Crippen molar-refractivity contribution in [3.8, 4) is 0 Å². The van der Waals surface area contributed by atoms with Gasteiger partial charge in [-0.2, -0.15) is 11.8 Å². The summed E-state index contributed by atoms with van der Waals surface area (Å²) < 4.78 is 5.73. The molecule has 1 rings (SSSR count). The molecule has 0 aromatic heterocycles. The molecule has 18 heavy (non-hydrogen) atoms. The summed E-state index contributed by atoms with van der Waals surface area (Å²) in [4.78, 5) is 14.0. The SMILES string of the molecule is CCCOC1CCCN(C(=O)[C@@H](N)CCSC)C1. The Morgan fingerprint density at radius 3 is 3.06 bits per heavy atom. The van der Waals surface area contributed by atoms with Crippen LogP contribution in [-0.2, 0) is 9.53 Å². The Bertz CT molecular complexity index is 251. The molecule has 4 nitrogen and oxygen atoms in total. The Labute approximate surface area is 115 Å². The van der Waals surface area contributed by atoms with E-state index in [1.54, 1.807) is 11.8 Å². The molecule has 0 radical (unpaired) electrons. The second-order valence-corrected chi connectivity index (χ2v) is 5.79. The highest BCUT2D eigenvalue weighted by molar-refractivity contribution is 7.98. The normalized spacial score (nSPS) is 21.9. The number of hydrogen-bond acceptors (Lipinski definition) is 4. The molecule has 0 aromatic rings. The largest absolute Gasteiger partial charge is 0.376 e. The zero-order valence-corrected chi connectivity index (χ0v) is 12.4. The predicted molar refractivity (Wildman–Crippen MR) is 76.8 cm³/mol. The van der Waals surface area contributed by atoms with Gasteiger partial charge in [-0.05, 0) is 37.7 Å². The van der Waals surface area contributed by atoms with E-state index in [2.05, 4.69) is 6.92 Å². The Balaban J connectivity index is 2.37. The van der Waals surface area contributed by atoms with Gasteiger partial charge in [0.1, 0.15) is 0 Å². The lowest BCUT2D eigenvalue weighted by molar-refractivity contribution is -0.136. The van der Waals surface area contributed by atoms with E-state index in [4.69, 9.17) is 10.5 Å². The van der Waals surface area contributed by atoms with Gasteiger partial charge in [0.25, 0.3) is 0 Å². The van der Waals surface area contributed by atoms with Crippen LogP contribution in [-0.4, -0.2) is 54.7 Å². The maximum atomic E-state index is 12.2. The number of thioether (sulfide) groups is 1. The van der Waals surface area contributed by atoms with Crippen molar-refractivity contribution in [1.82, 2.24) is 4.90 Å². The molecule has 0 bridgehead atoms. The van der Waals surface area contributed by atoms with Crippen molar-refractivity contribution in [3.63, 3.8) is 0 Å². The molecule has 1 aliphatic heterocycles. The van der Waals surface area contributed by atoms with E-state index in [0.29, 0.717) is 6.54 Å². The molecular weight excluding hydrogens is 248 g/mol. The highest BCUT2D eigenvalue weighted by Crippen LogP contribution is 2.15. The van der Waals surface area contributed by atoms with E-state index in [-0.39, 0.29) is 18.1 Å². The van der Waals surface area contributed by atoms with Crippen LogP contribution in [0.25, 0.3) is 0 Å². The number of piperidine rings is 1. The van der Waals surface area contributed by atoms with Crippen LogP contribution in [0, 0.1) is 0 Å². The fourth-order valence-electron chi connectivity index (χ4n) is 2.16. The highest BCUT2D eigenvalue weighted by Gasteiger charge is 2.27. The van der Waals surface area contributed by atoms with Gasteiger partial charge in [-0.1, -0.05) is 6.92 Å². The second-order valence-electron chi connectivity index (χ2n) is 4.81. The number of likely N-dealkylation sites (tertiary alicyclic amines) is 1. The van der Waals surface area contributed by atoms with Gasteiger partial charge in [0.05, 0.1) is 12.1 Å². The molecule has 106 valence electrons. The summed E-state index contributed by atoms with van der Waals surface area (Å²) in [5.74, 6) is 1.03. The van der Waals surface area contributed by atoms with Crippen molar-refractivity contribution in [2.45, 2.75) is 44.8 Å². The lowest BCUT2D eigenvalue weighted by Crippen LogP contribution is -2.50. The summed E-state index contributed by atoms with van der Waals surface area (Å²) in [5, 5.41) is 0. The standard InChI is InChI=1S/C13H26N2O2S/c1-3-8-17-11-5-4-7-15(10-11)13(16)12(14)6-9-18-2/h11-12H,3-10,14H2,1-2H3/t11?,12-/m0/s1. The molecule has 1 amide bonds. The number of carbonyl (C=O) groups excluding carboxylic acids is 1. The first kappa shape index (κ1) is 15.8. The summed E-state index contributed by atoms with van der Waals surface area (Å²) in [6.45, 7) is 4.43. The molecule has 1 saturated heterocycles. The number of nitrogens with two attached hydrogens (primary N) is 1. The van der Waals surface area contributed by atoms with Crippen LogP contribution in [0.15, 0.2) is 0 Å². The molecule has 2 N–H and O–H groups in total. The monoisotopic (exact) mass is 274 g/mol. The van der Waals surface area contributed by atoms with Gasteiger partial charge >= 0.3 is 0 Å². The van der Waals surface area contributed by atoms with Gasteiger partial charge in [0.2, 0.25) is 5.91 Å². The Kier molecular flexibility index (Phi) is 7.70. The van der Waals surface area contributed by atoms with Crippen molar-refractivity contribution in [2.75, 3.05) is 31.7 Å². The van der Waals surface area contributed by atoms with Crippen LogP contribution < -0.4 is 5.73 Å². The molecule has 1 fully saturated rings. The zero-order valence-electron chi connectivity index (χ0n) is 11.6. The Morgan fingerprint density at radius 2 is 2.39 bits per heavy atom. The third kappa shape index (κ3) is 5.16. The molecular formula is C13H26N2O2S. The summed E-state index contributed by atoms with van der Waals surface area (Å²) in [6, 6.07) is -0.345. The lowest BCUT2D eigenvalue weighted by Gasteiger charge is -2.34. The molecule has 5 heteroatoms. The zero-order chi connectivity index (χ0) is 13.4. The fraction of sp³-hybridized carbons (Fsp3) is 0.923. The quantitative estimate of drug-likeness (QED) is 0.764. The maximum Gasteiger partial charge on any atom is 0.239 e. The fourth-order valence-corrected chi connectivity index (χ4v) is 2.65. The first-order valence-electron chi connectivity index (χ1n) is 6.84. The molecule has 0 spiro atoms. The van der Waals surface area contributed by atoms with E-state index in [1.165, 1.54) is 0 Å². The van der Waals surface area contributed by atoms with Crippen LogP contribution >= 0.6 is 11.8 Å². The number of ether oxygens (including phenoxy) is 1. The van der Waals surface area contributed by atoms with Crippen molar-refractivity contribution >= 4 is 17.7 Å². The summed E-state index contributed by atoms with van der Waals surface area (Å²) in [7, 11) is 0. The minimum Gasteiger partial charge on any atom is -0.376 e. The summed E-state index contributed by atoms with van der Waals surface area (Å²) in [5.41, 5.74) is 5.93. The van der Waals surface area contributed by atoms with E-state index in [0.717, 1.165) is 44.6 Å². The molecule has 2 atom stereocenters. The average Bonchev–Trinajstić information content (AvgIpc) is 2.42. The van der Waals surface area contributed by atoms with Crippen LogP contribution in [0.5, 0.6) is 0 Å². The number of amides is 1. The van der Waals surface area contributed by atoms with Crippen molar-refractivity contribution < 1.29 is 9.53 Å². The molecule has 0 saturated carbocycles. The average molecular weight is 274 g/mol. The van der Waals surface area contributed by atoms with E-state index in [9.17, 15) is 4.79 Å². The van der Waals surface area contributed by atoms with Gasteiger partial charge in [-0.15, -0.1) is 0 Å². The summed E-state index contributed by atoms with van der Waals surface area (Å²) >= 11 is 1.73. The topological polar surface area (TPSA) is 55.6 Å². The lowest BCUT2D eigenvalue weighted by atomic mass is 10.1. The minimum absolute atomic E-state index is 0.0915. The van der Waals surface area contributed by atoms with Crippen LogP contribution in [0.4, 0.5) is 0 Å². The number of carbonyl (C=O) groups is 1.